The van der Waals surface area contributed by atoms with Crippen LogP contribution in [0.1, 0.15) is 59.4 Å². The Hall–Kier alpha value is -3.64. The van der Waals surface area contributed by atoms with E-state index >= 15 is 0 Å². The number of hydrogen-bond acceptors (Lipinski definition) is 1. The molecule has 1 unspecified atom stereocenters. The lowest BCUT2D eigenvalue weighted by Crippen LogP contribution is -2.11. The van der Waals surface area contributed by atoms with Gasteiger partial charge < -0.3 is 5.73 Å². The molecule has 178 valence electrons. The minimum Gasteiger partial charge on any atom is -0.402 e. The third kappa shape index (κ3) is 5.38. The van der Waals surface area contributed by atoms with Crippen molar-refractivity contribution in [3.63, 3.8) is 0 Å². The van der Waals surface area contributed by atoms with Crippen molar-refractivity contribution < 1.29 is 8.78 Å². The van der Waals surface area contributed by atoms with Crippen LogP contribution in [0.2, 0.25) is 0 Å². The van der Waals surface area contributed by atoms with Crippen molar-refractivity contribution in [1.82, 2.24) is 0 Å². The molecule has 0 saturated heterocycles. The van der Waals surface area contributed by atoms with Gasteiger partial charge in [0.05, 0.1) is 5.56 Å². The molecule has 3 heteroatoms. The molecule has 0 aliphatic heterocycles. The van der Waals surface area contributed by atoms with Crippen LogP contribution in [0, 0.1) is 37.8 Å². The third-order valence-corrected chi connectivity index (χ3v) is 6.83. The highest BCUT2D eigenvalue weighted by Crippen LogP contribution is 2.35. The maximum absolute atomic E-state index is 14.8. The fourth-order valence-electron chi connectivity index (χ4n) is 4.93. The van der Waals surface area contributed by atoms with Crippen LogP contribution in [0.25, 0.3) is 16.7 Å². The highest BCUT2D eigenvalue weighted by atomic mass is 19.1. The number of hydrogen-bond donors (Lipinski definition) is 1. The van der Waals surface area contributed by atoms with Crippen LogP contribution in [0.5, 0.6) is 0 Å². The van der Waals surface area contributed by atoms with Crippen LogP contribution in [-0.4, -0.2) is 0 Å². The molecule has 0 aromatic heterocycles. The summed E-state index contributed by atoms with van der Waals surface area (Å²) in [6.07, 6.45) is 13.1. The van der Waals surface area contributed by atoms with Gasteiger partial charge in [-0.25, -0.2) is 8.78 Å². The Kier molecular flexibility index (Phi) is 7.51. The number of halogens is 2. The highest BCUT2D eigenvalue weighted by Gasteiger charge is 2.19. The van der Waals surface area contributed by atoms with E-state index in [1.54, 1.807) is 19.1 Å². The molecule has 1 aliphatic rings. The zero-order valence-electron chi connectivity index (χ0n) is 20.4. The van der Waals surface area contributed by atoms with Crippen molar-refractivity contribution >= 4 is 5.57 Å². The summed E-state index contributed by atoms with van der Waals surface area (Å²) in [6, 6.07) is 17.9. The van der Waals surface area contributed by atoms with E-state index in [9.17, 15) is 8.78 Å². The van der Waals surface area contributed by atoms with E-state index < -0.39 is 11.6 Å². The Labute approximate surface area is 207 Å². The fourth-order valence-corrected chi connectivity index (χ4v) is 4.93. The predicted molar refractivity (Wildman–Crippen MR) is 142 cm³/mol. The van der Waals surface area contributed by atoms with Crippen LogP contribution in [0.3, 0.4) is 0 Å². The van der Waals surface area contributed by atoms with Crippen molar-refractivity contribution in [3.05, 3.63) is 112 Å². The normalized spacial score (nSPS) is 16.4. The number of terminal acetylenes is 1. The molecule has 2 bridgehead atoms. The van der Waals surface area contributed by atoms with Gasteiger partial charge in [-0.1, -0.05) is 66.6 Å². The average Bonchev–Trinajstić information content (AvgIpc) is 2.84. The first-order valence-corrected chi connectivity index (χ1v) is 12.1. The summed E-state index contributed by atoms with van der Waals surface area (Å²) in [4.78, 5) is 0. The van der Waals surface area contributed by atoms with Crippen molar-refractivity contribution in [3.8, 4) is 23.5 Å². The van der Waals surface area contributed by atoms with E-state index in [4.69, 9.17) is 12.2 Å². The Morgan fingerprint density at radius 1 is 1.06 bits per heavy atom. The minimum absolute atomic E-state index is 0.0116. The van der Waals surface area contributed by atoms with Gasteiger partial charge in [0, 0.05) is 18.0 Å². The van der Waals surface area contributed by atoms with Gasteiger partial charge >= 0.3 is 0 Å². The molecule has 3 aromatic rings. The average molecular weight is 468 g/mol. The first kappa shape index (κ1) is 24.5. The summed E-state index contributed by atoms with van der Waals surface area (Å²) in [5, 5.41) is 0. The van der Waals surface area contributed by atoms with Crippen LogP contribution in [0.4, 0.5) is 8.78 Å². The van der Waals surface area contributed by atoms with E-state index in [0.717, 1.165) is 31.2 Å². The van der Waals surface area contributed by atoms with Gasteiger partial charge in [-0.15, -0.1) is 12.3 Å². The lowest BCUT2D eigenvalue weighted by Gasteiger charge is -2.22. The Morgan fingerprint density at radius 2 is 1.89 bits per heavy atom. The number of allylic oxidation sites excluding steroid dienone is 4. The summed E-state index contributed by atoms with van der Waals surface area (Å²) in [5.74, 6) is 1.33. The van der Waals surface area contributed by atoms with Gasteiger partial charge in [0.15, 0.2) is 0 Å². The standard InChI is InChI=1S/C32H31F2N/c1-4-8-23(31-29(33)17-14-22(3)32(31)34)15-18-30(35)28-12-6-5-9-24-19-21(2)13-16-27(24)25-10-7-11-26(28)20-25/h1,7,10-11,13-20,28H,5-6,8-9,12,35H2,2-3H3/b23-15+,30-18-. The van der Waals surface area contributed by atoms with Crippen molar-refractivity contribution in [1.29, 1.82) is 0 Å². The Bertz CT molecular complexity index is 1340. The van der Waals surface area contributed by atoms with Gasteiger partial charge in [-0.2, -0.15) is 0 Å². The van der Waals surface area contributed by atoms with Gasteiger partial charge in [0.25, 0.3) is 0 Å². The van der Waals surface area contributed by atoms with E-state index in [1.165, 1.54) is 34.4 Å². The SMILES string of the molecule is C#CC/C(=C\C=C(/N)C1CCCCc2cc(C)ccc2-c2cccc1c2)c1c(F)ccc(C)c1F. The molecule has 2 N–H and O–H groups in total. The molecule has 1 aliphatic carbocycles. The Morgan fingerprint density at radius 3 is 2.69 bits per heavy atom. The molecule has 35 heavy (non-hydrogen) atoms. The molecular weight excluding hydrogens is 436 g/mol. The second-order valence-corrected chi connectivity index (χ2v) is 9.38. The summed E-state index contributed by atoms with van der Waals surface area (Å²) in [7, 11) is 0. The number of benzene rings is 3. The van der Waals surface area contributed by atoms with Gasteiger partial charge in [0.2, 0.25) is 0 Å². The maximum atomic E-state index is 14.8. The van der Waals surface area contributed by atoms with Crippen molar-refractivity contribution in [2.45, 2.75) is 51.9 Å². The molecule has 4 rings (SSSR count). The second kappa shape index (κ2) is 10.7. The third-order valence-electron chi connectivity index (χ3n) is 6.83. The lowest BCUT2D eigenvalue weighted by molar-refractivity contribution is 0.570. The summed E-state index contributed by atoms with van der Waals surface area (Å²) in [6.45, 7) is 3.75. The fraction of sp³-hybridized carbons (Fsp3) is 0.250. The molecular formula is C32H31F2N. The zero-order chi connectivity index (χ0) is 24.9. The molecule has 0 heterocycles. The molecule has 3 aromatic carbocycles. The molecule has 0 radical (unpaired) electrons. The zero-order valence-corrected chi connectivity index (χ0v) is 20.4. The maximum Gasteiger partial charge on any atom is 0.136 e. The smallest absolute Gasteiger partial charge is 0.136 e. The topological polar surface area (TPSA) is 26.0 Å². The summed E-state index contributed by atoms with van der Waals surface area (Å²) >= 11 is 0. The summed E-state index contributed by atoms with van der Waals surface area (Å²) < 4.78 is 29.3. The minimum atomic E-state index is -0.623. The predicted octanol–water partition coefficient (Wildman–Crippen LogP) is 8.01. The second-order valence-electron chi connectivity index (χ2n) is 9.38. The van der Waals surface area contributed by atoms with Gasteiger partial charge in [-0.3, -0.25) is 0 Å². The molecule has 1 atom stereocenters. The Balaban J connectivity index is 1.74. The number of aryl methyl sites for hydroxylation is 3. The van der Waals surface area contributed by atoms with Gasteiger partial charge in [-0.05, 0) is 78.6 Å². The first-order chi connectivity index (χ1) is 16.9. The van der Waals surface area contributed by atoms with Crippen LogP contribution < -0.4 is 5.73 Å². The van der Waals surface area contributed by atoms with E-state index in [1.807, 2.05) is 0 Å². The monoisotopic (exact) mass is 467 g/mol. The lowest BCUT2D eigenvalue weighted by atomic mass is 9.85. The highest BCUT2D eigenvalue weighted by molar-refractivity contribution is 5.71. The quantitative estimate of drug-likeness (QED) is 0.305. The summed E-state index contributed by atoms with van der Waals surface area (Å²) in [5.41, 5.74) is 14.2. The number of fused-ring (bicyclic) bond motifs is 4. The van der Waals surface area contributed by atoms with E-state index in [0.29, 0.717) is 16.8 Å². The van der Waals surface area contributed by atoms with Gasteiger partial charge in [0.1, 0.15) is 11.6 Å². The molecule has 0 spiro atoms. The number of rotatable bonds is 4. The molecule has 0 amide bonds. The van der Waals surface area contributed by atoms with E-state index in [2.05, 4.69) is 55.3 Å². The van der Waals surface area contributed by atoms with Crippen molar-refractivity contribution in [2.24, 2.45) is 5.73 Å². The van der Waals surface area contributed by atoms with Crippen LogP contribution in [0.15, 0.2) is 72.4 Å². The van der Waals surface area contributed by atoms with Crippen LogP contribution >= 0.6 is 0 Å². The van der Waals surface area contributed by atoms with Crippen molar-refractivity contribution in [2.75, 3.05) is 0 Å². The van der Waals surface area contributed by atoms with E-state index in [-0.39, 0.29) is 17.9 Å². The molecule has 0 saturated carbocycles. The first-order valence-electron chi connectivity index (χ1n) is 12.1. The number of nitrogens with two attached hydrogens (primary N) is 1. The largest absolute Gasteiger partial charge is 0.402 e. The molecule has 0 fully saturated rings. The molecule has 1 nitrogen and oxygen atoms in total. The van der Waals surface area contributed by atoms with Crippen LogP contribution in [-0.2, 0) is 6.42 Å².